The first-order valence-electron chi connectivity index (χ1n) is 8.13. The standard InChI is InChI=1S/C18H23NO5/c1-3-12-4-6-13(7-5-12)16(20)8-9-17(21)19-11-14(24-2)10-15(19)18(22)23/h4-7,14-15H,3,8-11H2,1-2H3,(H,22,23). The Labute approximate surface area is 141 Å². The molecule has 0 spiro atoms. The quantitative estimate of drug-likeness (QED) is 0.771. The topological polar surface area (TPSA) is 83.9 Å². The van der Waals surface area contributed by atoms with E-state index in [4.69, 9.17) is 4.74 Å². The van der Waals surface area contributed by atoms with E-state index in [1.54, 1.807) is 12.1 Å². The molecule has 0 saturated carbocycles. The molecular formula is C18H23NO5. The molecule has 0 radical (unpaired) electrons. The van der Waals surface area contributed by atoms with E-state index < -0.39 is 12.0 Å². The molecule has 1 aliphatic rings. The Hall–Kier alpha value is -2.21. The number of methoxy groups -OCH3 is 1. The summed E-state index contributed by atoms with van der Waals surface area (Å²) in [6, 6.07) is 6.46. The van der Waals surface area contributed by atoms with Gasteiger partial charge in [0.1, 0.15) is 6.04 Å². The number of aryl methyl sites for hydroxylation is 1. The Morgan fingerprint density at radius 1 is 1.21 bits per heavy atom. The first-order chi connectivity index (χ1) is 11.5. The Morgan fingerprint density at radius 2 is 1.88 bits per heavy atom. The predicted molar refractivity (Wildman–Crippen MR) is 87.9 cm³/mol. The van der Waals surface area contributed by atoms with Crippen molar-refractivity contribution in [1.29, 1.82) is 0 Å². The van der Waals surface area contributed by atoms with Gasteiger partial charge in [-0.1, -0.05) is 31.2 Å². The Bertz CT molecular complexity index is 610. The summed E-state index contributed by atoms with van der Waals surface area (Å²) in [7, 11) is 1.50. The third kappa shape index (κ3) is 4.20. The van der Waals surface area contributed by atoms with Crippen molar-refractivity contribution in [3.63, 3.8) is 0 Å². The van der Waals surface area contributed by atoms with Gasteiger partial charge in [-0.05, 0) is 12.0 Å². The smallest absolute Gasteiger partial charge is 0.326 e. The van der Waals surface area contributed by atoms with Gasteiger partial charge < -0.3 is 14.7 Å². The molecule has 2 unspecified atom stereocenters. The second kappa shape index (κ2) is 8.06. The normalized spacial score (nSPS) is 20.2. The third-order valence-corrected chi connectivity index (χ3v) is 4.45. The fraction of sp³-hybridized carbons (Fsp3) is 0.500. The van der Waals surface area contributed by atoms with Crippen molar-refractivity contribution in [1.82, 2.24) is 4.90 Å². The number of rotatable bonds is 7. The van der Waals surface area contributed by atoms with Crippen molar-refractivity contribution in [2.75, 3.05) is 13.7 Å². The molecule has 24 heavy (non-hydrogen) atoms. The van der Waals surface area contributed by atoms with E-state index in [9.17, 15) is 19.5 Å². The number of benzene rings is 1. The van der Waals surface area contributed by atoms with Crippen LogP contribution in [0.25, 0.3) is 0 Å². The van der Waals surface area contributed by atoms with Crippen molar-refractivity contribution < 1.29 is 24.2 Å². The Kier molecular flexibility index (Phi) is 6.09. The van der Waals surface area contributed by atoms with Crippen LogP contribution in [0.4, 0.5) is 0 Å². The van der Waals surface area contributed by atoms with Crippen molar-refractivity contribution in [3.8, 4) is 0 Å². The molecule has 1 aromatic rings. The number of Topliss-reactive ketones (excluding diaryl/α,β-unsaturated/α-hetero) is 1. The zero-order valence-corrected chi connectivity index (χ0v) is 14.0. The summed E-state index contributed by atoms with van der Waals surface area (Å²) in [5.74, 6) is -1.47. The van der Waals surface area contributed by atoms with Crippen LogP contribution in [0.15, 0.2) is 24.3 Å². The molecule has 0 aliphatic carbocycles. The minimum atomic E-state index is -1.04. The van der Waals surface area contributed by atoms with Crippen LogP contribution >= 0.6 is 0 Å². The molecule has 1 aromatic carbocycles. The average Bonchev–Trinajstić information content (AvgIpc) is 3.04. The maximum absolute atomic E-state index is 12.3. The van der Waals surface area contributed by atoms with Crippen molar-refractivity contribution >= 4 is 17.7 Å². The van der Waals surface area contributed by atoms with Gasteiger partial charge in [-0.2, -0.15) is 0 Å². The van der Waals surface area contributed by atoms with E-state index in [2.05, 4.69) is 0 Å². The van der Waals surface area contributed by atoms with Crippen molar-refractivity contribution in [3.05, 3.63) is 35.4 Å². The number of ketones is 1. The number of carbonyl (C=O) groups excluding carboxylic acids is 2. The van der Waals surface area contributed by atoms with Gasteiger partial charge in [0.15, 0.2) is 5.78 Å². The highest BCUT2D eigenvalue weighted by Crippen LogP contribution is 2.22. The molecule has 1 aliphatic heterocycles. The average molecular weight is 333 g/mol. The van der Waals surface area contributed by atoms with Gasteiger partial charge in [0.2, 0.25) is 5.91 Å². The molecule has 2 atom stereocenters. The van der Waals surface area contributed by atoms with Crippen LogP contribution < -0.4 is 0 Å². The van der Waals surface area contributed by atoms with Crippen LogP contribution in [0, 0.1) is 0 Å². The lowest BCUT2D eigenvalue weighted by Crippen LogP contribution is -2.40. The second-order valence-corrected chi connectivity index (χ2v) is 5.97. The van der Waals surface area contributed by atoms with Gasteiger partial charge in [-0.25, -0.2) is 4.79 Å². The molecule has 130 valence electrons. The largest absolute Gasteiger partial charge is 0.480 e. The molecule has 6 heteroatoms. The molecule has 0 bridgehead atoms. The first kappa shape index (κ1) is 18.1. The van der Waals surface area contributed by atoms with Gasteiger partial charge in [-0.3, -0.25) is 9.59 Å². The monoisotopic (exact) mass is 333 g/mol. The molecule has 1 amide bonds. The summed E-state index contributed by atoms with van der Waals surface area (Å²) in [6.07, 6.45) is 0.995. The summed E-state index contributed by atoms with van der Waals surface area (Å²) >= 11 is 0. The number of carbonyl (C=O) groups is 3. The number of carboxylic acids is 1. The Morgan fingerprint density at radius 3 is 2.42 bits per heavy atom. The molecule has 1 heterocycles. The van der Waals surface area contributed by atoms with Crippen LogP contribution in [0.2, 0.25) is 0 Å². The number of amides is 1. The highest BCUT2D eigenvalue weighted by atomic mass is 16.5. The van der Waals surface area contributed by atoms with Gasteiger partial charge in [-0.15, -0.1) is 0 Å². The number of hydrogen-bond acceptors (Lipinski definition) is 4. The van der Waals surface area contributed by atoms with Gasteiger partial charge in [0, 0.05) is 38.5 Å². The summed E-state index contributed by atoms with van der Waals surface area (Å²) < 4.78 is 5.16. The fourth-order valence-corrected chi connectivity index (χ4v) is 2.91. The third-order valence-electron chi connectivity index (χ3n) is 4.45. The van der Waals surface area contributed by atoms with Crippen LogP contribution in [0.5, 0.6) is 0 Å². The van der Waals surface area contributed by atoms with Crippen LogP contribution in [-0.2, 0) is 20.7 Å². The first-order valence-corrected chi connectivity index (χ1v) is 8.13. The highest BCUT2D eigenvalue weighted by Gasteiger charge is 2.39. The maximum atomic E-state index is 12.3. The predicted octanol–water partition coefficient (Wildman–Crippen LogP) is 1.91. The number of likely N-dealkylation sites (tertiary alicyclic amines) is 1. The van der Waals surface area contributed by atoms with E-state index >= 15 is 0 Å². The van der Waals surface area contributed by atoms with E-state index in [1.807, 2.05) is 19.1 Å². The van der Waals surface area contributed by atoms with Gasteiger partial charge in [0.05, 0.1) is 6.10 Å². The number of aliphatic carboxylic acids is 1. The number of nitrogens with zero attached hydrogens (tertiary/aromatic N) is 1. The summed E-state index contributed by atoms with van der Waals surface area (Å²) in [5, 5.41) is 9.23. The SMILES string of the molecule is CCc1ccc(C(=O)CCC(=O)N2CC(OC)CC2C(=O)O)cc1. The van der Waals surface area contributed by atoms with E-state index in [-0.39, 0.29) is 43.6 Å². The number of hydrogen-bond donors (Lipinski definition) is 1. The van der Waals surface area contributed by atoms with E-state index in [1.165, 1.54) is 12.0 Å². The maximum Gasteiger partial charge on any atom is 0.326 e. The molecule has 1 saturated heterocycles. The number of ether oxygens (including phenoxy) is 1. The summed E-state index contributed by atoms with van der Waals surface area (Å²) in [5.41, 5.74) is 1.72. The van der Waals surface area contributed by atoms with Crippen molar-refractivity contribution in [2.45, 2.75) is 44.8 Å². The minimum Gasteiger partial charge on any atom is -0.480 e. The lowest BCUT2D eigenvalue weighted by Gasteiger charge is -2.21. The lowest BCUT2D eigenvalue weighted by atomic mass is 10.0. The van der Waals surface area contributed by atoms with E-state index in [0.717, 1.165) is 12.0 Å². The molecular weight excluding hydrogens is 310 g/mol. The molecule has 0 aromatic heterocycles. The number of carboxylic acid groups (broad SMARTS) is 1. The van der Waals surface area contributed by atoms with Gasteiger partial charge in [0.25, 0.3) is 0 Å². The van der Waals surface area contributed by atoms with Crippen LogP contribution in [-0.4, -0.2) is 53.5 Å². The van der Waals surface area contributed by atoms with Crippen LogP contribution in [0.1, 0.15) is 42.1 Å². The molecule has 1 fully saturated rings. The van der Waals surface area contributed by atoms with Crippen molar-refractivity contribution in [2.24, 2.45) is 0 Å². The zero-order chi connectivity index (χ0) is 17.7. The zero-order valence-electron chi connectivity index (χ0n) is 14.0. The van der Waals surface area contributed by atoms with Crippen LogP contribution in [0.3, 0.4) is 0 Å². The van der Waals surface area contributed by atoms with E-state index in [0.29, 0.717) is 5.56 Å². The second-order valence-electron chi connectivity index (χ2n) is 5.97. The summed E-state index contributed by atoms with van der Waals surface area (Å²) in [4.78, 5) is 37.1. The summed E-state index contributed by atoms with van der Waals surface area (Å²) in [6.45, 7) is 2.30. The minimum absolute atomic E-state index is 0.00851. The molecule has 2 rings (SSSR count). The highest BCUT2D eigenvalue weighted by molar-refractivity contribution is 5.98. The Balaban J connectivity index is 1.93. The fourth-order valence-electron chi connectivity index (χ4n) is 2.91. The lowest BCUT2D eigenvalue weighted by molar-refractivity contribution is -0.148. The molecule has 1 N–H and O–H groups in total. The van der Waals surface area contributed by atoms with Gasteiger partial charge >= 0.3 is 5.97 Å². The molecule has 6 nitrogen and oxygen atoms in total.